The first-order valence-corrected chi connectivity index (χ1v) is 10.2. The average Bonchev–Trinajstić information content (AvgIpc) is 3.30. The standard InChI is InChI=1S/C21H28F3N7.HI/c1-4-10-25-20(26-12-19-29-28-15(2)30(19)3)27-18-9-11-31(14-18)13-16-5-7-17(8-6-16)21(22,23)24;/h4-8,18H,1,9-14H2,2-3H3,(H2,25,26,27);1H. The summed E-state index contributed by atoms with van der Waals surface area (Å²) in [5.41, 5.74) is 0.245. The number of aryl methyl sites for hydroxylation is 1. The lowest BCUT2D eigenvalue weighted by Crippen LogP contribution is -2.44. The van der Waals surface area contributed by atoms with Crippen molar-refractivity contribution in [1.29, 1.82) is 0 Å². The highest BCUT2D eigenvalue weighted by atomic mass is 127. The Kier molecular flexibility index (Phi) is 9.49. The van der Waals surface area contributed by atoms with Crippen molar-refractivity contribution in [3.8, 4) is 0 Å². The highest BCUT2D eigenvalue weighted by molar-refractivity contribution is 14.0. The van der Waals surface area contributed by atoms with Crippen LogP contribution in [-0.2, 0) is 26.3 Å². The van der Waals surface area contributed by atoms with Crippen LogP contribution >= 0.6 is 24.0 Å². The smallest absolute Gasteiger partial charge is 0.353 e. The van der Waals surface area contributed by atoms with E-state index in [9.17, 15) is 13.2 Å². The van der Waals surface area contributed by atoms with Crippen molar-refractivity contribution in [3.63, 3.8) is 0 Å². The molecule has 7 nitrogen and oxygen atoms in total. The minimum atomic E-state index is -4.31. The van der Waals surface area contributed by atoms with E-state index >= 15 is 0 Å². The van der Waals surface area contributed by atoms with Crippen LogP contribution in [0.1, 0.15) is 29.2 Å². The summed E-state index contributed by atoms with van der Waals surface area (Å²) in [7, 11) is 1.90. The number of rotatable bonds is 7. The summed E-state index contributed by atoms with van der Waals surface area (Å²) in [5, 5.41) is 14.8. The van der Waals surface area contributed by atoms with Gasteiger partial charge in [0, 0.05) is 39.3 Å². The molecule has 1 saturated heterocycles. The van der Waals surface area contributed by atoms with Gasteiger partial charge in [0.1, 0.15) is 12.4 Å². The van der Waals surface area contributed by atoms with E-state index in [1.807, 2.05) is 18.5 Å². The van der Waals surface area contributed by atoms with Crippen LogP contribution in [0, 0.1) is 6.92 Å². The van der Waals surface area contributed by atoms with Crippen LogP contribution in [0.5, 0.6) is 0 Å². The molecule has 1 aliphatic heterocycles. The third-order valence-corrected chi connectivity index (χ3v) is 5.28. The largest absolute Gasteiger partial charge is 0.416 e. The zero-order chi connectivity index (χ0) is 22.4. The van der Waals surface area contributed by atoms with E-state index < -0.39 is 11.7 Å². The number of alkyl halides is 3. The number of aromatic nitrogens is 3. The van der Waals surface area contributed by atoms with Gasteiger partial charge in [-0.1, -0.05) is 18.2 Å². The van der Waals surface area contributed by atoms with Crippen LogP contribution in [0.4, 0.5) is 13.2 Å². The molecular weight excluding hydrogens is 534 g/mol. The van der Waals surface area contributed by atoms with E-state index in [-0.39, 0.29) is 30.0 Å². The number of hydrogen-bond acceptors (Lipinski definition) is 4. The lowest BCUT2D eigenvalue weighted by molar-refractivity contribution is -0.137. The Hall–Kier alpha value is -2.15. The minimum Gasteiger partial charge on any atom is -0.353 e. The molecule has 0 spiro atoms. The molecule has 1 atom stereocenters. The van der Waals surface area contributed by atoms with Crippen molar-refractivity contribution in [2.75, 3.05) is 19.6 Å². The molecule has 1 aliphatic rings. The normalized spacial score (nSPS) is 17.2. The first-order chi connectivity index (χ1) is 14.8. The van der Waals surface area contributed by atoms with Crippen molar-refractivity contribution in [2.45, 2.75) is 38.7 Å². The van der Waals surface area contributed by atoms with E-state index in [1.54, 1.807) is 18.2 Å². The first kappa shape index (κ1) is 26.1. The Bertz CT molecular complexity index is 909. The van der Waals surface area contributed by atoms with Gasteiger partial charge >= 0.3 is 6.18 Å². The van der Waals surface area contributed by atoms with Gasteiger partial charge in [0.2, 0.25) is 0 Å². The molecule has 0 amide bonds. The number of guanidine groups is 1. The van der Waals surface area contributed by atoms with Gasteiger partial charge in [-0.3, -0.25) is 4.90 Å². The second kappa shape index (κ2) is 11.6. The molecule has 2 aromatic rings. The molecule has 2 N–H and O–H groups in total. The summed E-state index contributed by atoms with van der Waals surface area (Å²) in [5.74, 6) is 2.27. The van der Waals surface area contributed by atoms with Gasteiger partial charge in [-0.05, 0) is 31.0 Å². The van der Waals surface area contributed by atoms with Crippen LogP contribution in [-0.4, -0.2) is 51.3 Å². The van der Waals surface area contributed by atoms with Gasteiger partial charge in [-0.25, -0.2) is 4.99 Å². The number of hydrogen-bond donors (Lipinski definition) is 2. The minimum absolute atomic E-state index is 0. The van der Waals surface area contributed by atoms with Crippen LogP contribution in [0.3, 0.4) is 0 Å². The lowest BCUT2D eigenvalue weighted by atomic mass is 10.1. The third-order valence-electron chi connectivity index (χ3n) is 5.28. The van der Waals surface area contributed by atoms with Crippen LogP contribution in [0.15, 0.2) is 41.9 Å². The van der Waals surface area contributed by atoms with Crippen molar-refractivity contribution < 1.29 is 13.2 Å². The highest BCUT2D eigenvalue weighted by Crippen LogP contribution is 2.29. The monoisotopic (exact) mass is 563 g/mol. The number of aliphatic imine (C=N–C) groups is 1. The maximum atomic E-state index is 12.7. The second-order valence-corrected chi connectivity index (χ2v) is 7.62. The quantitative estimate of drug-likeness (QED) is 0.235. The summed E-state index contributed by atoms with van der Waals surface area (Å²) in [6.07, 6.45) is -1.63. The number of likely N-dealkylation sites (tertiary alicyclic amines) is 1. The number of nitrogens with zero attached hydrogens (tertiary/aromatic N) is 5. The summed E-state index contributed by atoms with van der Waals surface area (Å²) in [6, 6.07) is 5.56. The molecule has 0 bridgehead atoms. The molecule has 11 heteroatoms. The fourth-order valence-electron chi connectivity index (χ4n) is 3.40. The van der Waals surface area contributed by atoms with Gasteiger partial charge in [0.05, 0.1) is 5.56 Å². The fraction of sp³-hybridized carbons (Fsp3) is 0.476. The molecule has 32 heavy (non-hydrogen) atoms. The summed E-state index contributed by atoms with van der Waals surface area (Å²) in [6.45, 7) is 8.83. The molecule has 1 unspecified atom stereocenters. The van der Waals surface area contributed by atoms with Crippen LogP contribution < -0.4 is 10.6 Å². The fourth-order valence-corrected chi connectivity index (χ4v) is 3.40. The van der Waals surface area contributed by atoms with Crippen molar-refractivity contribution in [1.82, 2.24) is 30.3 Å². The predicted octanol–water partition coefficient (Wildman–Crippen LogP) is 3.26. The molecule has 2 heterocycles. The summed E-state index contributed by atoms with van der Waals surface area (Å²) < 4.78 is 40.1. The molecule has 0 saturated carbocycles. The lowest BCUT2D eigenvalue weighted by Gasteiger charge is -2.19. The van der Waals surface area contributed by atoms with E-state index in [1.165, 1.54) is 0 Å². The van der Waals surface area contributed by atoms with Crippen molar-refractivity contribution in [2.24, 2.45) is 12.0 Å². The molecule has 0 radical (unpaired) electrons. The zero-order valence-corrected chi connectivity index (χ0v) is 20.5. The Morgan fingerprint density at radius 2 is 2.00 bits per heavy atom. The Labute approximate surface area is 203 Å². The van der Waals surface area contributed by atoms with Crippen molar-refractivity contribution >= 4 is 29.9 Å². The number of benzene rings is 1. The van der Waals surface area contributed by atoms with Gasteiger partial charge in [-0.2, -0.15) is 13.2 Å². The van der Waals surface area contributed by atoms with Crippen LogP contribution in [0.25, 0.3) is 0 Å². The van der Waals surface area contributed by atoms with Crippen molar-refractivity contribution in [3.05, 3.63) is 59.7 Å². The van der Waals surface area contributed by atoms with Gasteiger partial charge in [0.25, 0.3) is 0 Å². The Balaban J connectivity index is 0.00000363. The van der Waals surface area contributed by atoms with E-state index in [2.05, 4.69) is 37.3 Å². The second-order valence-electron chi connectivity index (χ2n) is 7.62. The van der Waals surface area contributed by atoms with Gasteiger partial charge in [0.15, 0.2) is 11.8 Å². The number of nitrogens with one attached hydrogen (secondary N) is 2. The Morgan fingerprint density at radius 1 is 1.28 bits per heavy atom. The molecule has 1 fully saturated rings. The van der Waals surface area contributed by atoms with Crippen LogP contribution in [0.2, 0.25) is 0 Å². The first-order valence-electron chi connectivity index (χ1n) is 10.2. The molecule has 176 valence electrons. The predicted molar refractivity (Wildman–Crippen MR) is 129 cm³/mol. The molecule has 0 aliphatic carbocycles. The third kappa shape index (κ3) is 7.19. The molecule has 1 aromatic heterocycles. The van der Waals surface area contributed by atoms with E-state index in [0.29, 0.717) is 25.6 Å². The highest BCUT2D eigenvalue weighted by Gasteiger charge is 2.30. The maximum absolute atomic E-state index is 12.7. The zero-order valence-electron chi connectivity index (χ0n) is 18.2. The summed E-state index contributed by atoms with van der Waals surface area (Å²) in [4.78, 5) is 6.83. The number of halogens is 4. The van der Waals surface area contributed by atoms with E-state index in [0.717, 1.165) is 48.9 Å². The summed E-state index contributed by atoms with van der Waals surface area (Å²) >= 11 is 0. The van der Waals surface area contributed by atoms with E-state index in [4.69, 9.17) is 0 Å². The SMILES string of the molecule is C=CCNC(=NCc1nnc(C)n1C)NC1CCN(Cc2ccc(C(F)(F)F)cc2)C1.I. The maximum Gasteiger partial charge on any atom is 0.416 e. The van der Waals surface area contributed by atoms with Gasteiger partial charge < -0.3 is 15.2 Å². The van der Waals surface area contributed by atoms with Gasteiger partial charge in [-0.15, -0.1) is 40.8 Å². The Morgan fingerprint density at radius 3 is 2.59 bits per heavy atom. The molecule has 3 rings (SSSR count). The molecule has 1 aromatic carbocycles. The molecular formula is C21H29F3IN7. The average molecular weight is 563 g/mol. The topological polar surface area (TPSA) is 70.4 Å².